The van der Waals surface area contributed by atoms with E-state index in [1.807, 2.05) is 6.07 Å². The monoisotopic (exact) mass is 293 g/mol. The van der Waals surface area contributed by atoms with Crippen LogP contribution in [0, 0.1) is 0 Å². The standard InChI is InChI=1S/C18H31NO2/c1-15(2)19-18(4,14-20)13-16(3)21-12-8-11-17-9-6-5-7-10-17/h5-7,9-10,15-16,19-20H,8,11-14H2,1-4H3. The highest BCUT2D eigenvalue weighted by Crippen LogP contribution is 2.15. The van der Waals surface area contributed by atoms with Crippen molar-refractivity contribution in [2.24, 2.45) is 0 Å². The topological polar surface area (TPSA) is 41.5 Å². The van der Waals surface area contributed by atoms with E-state index < -0.39 is 0 Å². The molecule has 2 N–H and O–H groups in total. The molecule has 0 heterocycles. The molecular formula is C18H31NO2. The first-order valence-corrected chi connectivity index (χ1v) is 7.99. The van der Waals surface area contributed by atoms with Crippen molar-refractivity contribution in [3.63, 3.8) is 0 Å². The first-order valence-electron chi connectivity index (χ1n) is 7.99. The Morgan fingerprint density at radius 1 is 1.19 bits per heavy atom. The van der Waals surface area contributed by atoms with E-state index in [-0.39, 0.29) is 18.2 Å². The predicted molar refractivity (Wildman–Crippen MR) is 88.6 cm³/mol. The van der Waals surface area contributed by atoms with Crippen molar-refractivity contribution in [2.45, 2.75) is 64.6 Å². The Morgan fingerprint density at radius 3 is 2.43 bits per heavy atom. The van der Waals surface area contributed by atoms with Crippen LogP contribution in [0.3, 0.4) is 0 Å². The number of aryl methyl sites for hydroxylation is 1. The lowest BCUT2D eigenvalue weighted by Crippen LogP contribution is -2.51. The molecule has 1 aromatic rings. The van der Waals surface area contributed by atoms with Crippen LogP contribution in [0.1, 0.15) is 46.1 Å². The Hall–Kier alpha value is -0.900. The highest BCUT2D eigenvalue weighted by atomic mass is 16.5. The van der Waals surface area contributed by atoms with E-state index in [4.69, 9.17) is 4.74 Å². The number of ether oxygens (including phenoxy) is 1. The van der Waals surface area contributed by atoms with Gasteiger partial charge in [0.05, 0.1) is 12.7 Å². The van der Waals surface area contributed by atoms with Crippen LogP contribution in [0.2, 0.25) is 0 Å². The summed E-state index contributed by atoms with van der Waals surface area (Å²) in [6, 6.07) is 10.8. The number of nitrogens with one attached hydrogen (secondary N) is 1. The molecule has 120 valence electrons. The molecule has 0 saturated carbocycles. The van der Waals surface area contributed by atoms with Crippen molar-refractivity contribution in [2.75, 3.05) is 13.2 Å². The van der Waals surface area contributed by atoms with E-state index in [1.54, 1.807) is 0 Å². The van der Waals surface area contributed by atoms with E-state index in [2.05, 4.69) is 57.3 Å². The summed E-state index contributed by atoms with van der Waals surface area (Å²) in [4.78, 5) is 0. The molecule has 0 aliphatic carbocycles. The lowest BCUT2D eigenvalue weighted by Gasteiger charge is -2.33. The molecule has 3 heteroatoms. The third-order valence-corrected chi connectivity index (χ3v) is 3.58. The molecule has 0 saturated heterocycles. The summed E-state index contributed by atoms with van der Waals surface area (Å²) < 4.78 is 5.89. The lowest BCUT2D eigenvalue weighted by molar-refractivity contribution is 0.0252. The van der Waals surface area contributed by atoms with Gasteiger partial charge in [0.2, 0.25) is 0 Å². The van der Waals surface area contributed by atoms with Gasteiger partial charge in [0.15, 0.2) is 0 Å². The maximum Gasteiger partial charge on any atom is 0.0611 e. The fourth-order valence-electron chi connectivity index (χ4n) is 2.76. The minimum atomic E-state index is -0.271. The zero-order chi connectivity index (χ0) is 15.7. The van der Waals surface area contributed by atoms with Crippen LogP contribution >= 0.6 is 0 Å². The average Bonchev–Trinajstić information content (AvgIpc) is 2.44. The Kier molecular flexibility index (Phi) is 7.94. The SMILES string of the molecule is CC(C)NC(C)(CO)CC(C)OCCCc1ccccc1. The number of rotatable bonds is 10. The number of benzene rings is 1. The molecule has 0 spiro atoms. The summed E-state index contributed by atoms with van der Waals surface area (Å²) in [6.07, 6.45) is 3.04. The number of aliphatic hydroxyl groups is 1. The summed E-state index contributed by atoms with van der Waals surface area (Å²) in [5.74, 6) is 0. The molecule has 0 fully saturated rings. The van der Waals surface area contributed by atoms with E-state index in [0.717, 1.165) is 25.9 Å². The fourth-order valence-corrected chi connectivity index (χ4v) is 2.76. The van der Waals surface area contributed by atoms with E-state index >= 15 is 0 Å². The van der Waals surface area contributed by atoms with Crippen molar-refractivity contribution in [1.29, 1.82) is 0 Å². The predicted octanol–water partition coefficient (Wildman–Crippen LogP) is 3.16. The maximum absolute atomic E-state index is 9.59. The zero-order valence-electron chi connectivity index (χ0n) is 13.9. The summed E-state index contributed by atoms with van der Waals surface area (Å²) in [7, 11) is 0. The normalized spacial score (nSPS) is 15.9. The van der Waals surface area contributed by atoms with Crippen LogP contribution in [0.5, 0.6) is 0 Å². The first-order chi connectivity index (χ1) is 9.95. The average molecular weight is 293 g/mol. The minimum Gasteiger partial charge on any atom is -0.394 e. The fraction of sp³-hybridized carbons (Fsp3) is 0.667. The van der Waals surface area contributed by atoms with Gasteiger partial charge in [-0.3, -0.25) is 0 Å². The third kappa shape index (κ3) is 7.60. The highest BCUT2D eigenvalue weighted by Gasteiger charge is 2.26. The molecule has 0 bridgehead atoms. The van der Waals surface area contributed by atoms with Crippen LogP contribution in [-0.4, -0.2) is 36.0 Å². The van der Waals surface area contributed by atoms with Gasteiger partial charge < -0.3 is 15.2 Å². The van der Waals surface area contributed by atoms with E-state index in [1.165, 1.54) is 5.56 Å². The smallest absolute Gasteiger partial charge is 0.0611 e. The summed E-state index contributed by atoms with van der Waals surface area (Å²) in [5, 5.41) is 13.0. The van der Waals surface area contributed by atoms with E-state index in [0.29, 0.717) is 6.04 Å². The second-order valence-corrected chi connectivity index (χ2v) is 6.49. The van der Waals surface area contributed by atoms with Crippen LogP contribution in [0.4, 0.5) is 0 Å². The zero-order valence-corrected chi connectivity index (χ0v) is 13.9. The van der Waals surface area contributed by atoms with Gasteiger partial charge in [-0.25, -0.2) is 0 Å². The van der Waals surface area contributed by atoms with Crippen LogP contribution in [-0.2, 0) is 11.2 Å². The van der Waals surface area contributed by atoms with Gasteiger partial charge in [-0.15, -0.1) is 0 Å². The number of aliphatic hydroxyl groups excluding tert-OH is 1. The molecule has 0 aliphatic heterocycles. The molecular weight excluding hydrogens is 262 g/mol. The highest BCUT2D eigenvalue weighted by molar-refractivity contribution is 5.14. The number of hydrogen-bond acceptors (Lipinski definition) is 3. The van der Waals surface area contributed by atoms with Gasteiger partial charge in [0, 0.05) is 18.2 Å². The summed E-state index contributed by atoms with van der Waals surface area (Å²) in [5.41, 5.74) is 1.09. The van der Waals surface area contributed by atoms with Gasteiger partial charge >= 0.3 is 0 Å². The largest absolute Gasteiger partial charge is 0.394 e. The molecule has 3 nitrogen and oxygen atoms in total. The van der Waals surface area contributed by atoms with Crippen molar-refractivity contribution in [1.82, 2.24) is 5.32 Å². The molecule has 0 aliphatic rings. The van der Waals surface area contributed by atoms with Crippen LogP contribution in [0.25, 0.3) is 0 Å². The summed E-state index contributed by atoms with van der Waals surface area (Å²) >= 11 is 0. The van der Waals surface area contributed by atoms with Gasteiger partial charge in [-0.05, 0) is 38.7 Å². The molecule has 21 heavy (non-hydrogen) atoms. The molecule has 0 amide bonds. The second kappa shape index (κ2) is 9.19. The Labute approximate surface area is 129 Å². The lowest BCUT2D eigenvalue weighted by atomic mass is 9.95. The van der Waals surface area contributed by atoms with Gasteiger partial charge in [0.25, 0.3) is 0 Å². The van der Waals surface area contributed by atoms with Crippen molar-refractivity contribution in [3.05, 3.63) is 35.9 Å². The maximum atomic E-state index is 9.59. The molecule has 0 aromatic heterocycles. The third-order valence-electron chi connectivity index (χ3n) is 3.58. The quantitative estimate of drug-likeness (QED) is 0.651. The minimum absolute atomic E-state index is 0.128. The van der Waals surface area contributed by atoms with Crippen LogP contribution in [0.15, 0.2) is 30.3 Å². The Bertz CT molecular complexity index is 380. The number of hydrogen-bond donors (Lipinski definition) is 2. The Balaban J connectivity index is 2.25. The van der Waals surface area contributed by atoms with Gasteiger partial charge in [-0.1, -0.05) is 44.2 Å². The molecule has 2 atom stereocenters. The van der Waals surface area contributed by atoms with E-state index in [9.17, 15) is 5.11 Å². The molecule has 0 radical (unpaired) electrons. The second-order valence-electron chi connectivity index (χ2n) is 6.49. The van der Waals surface area contributed by atoms with Crippen molar-refractivity contribution >= 4 is 0 Å². The molecule has 1 aromatic carbocycles. The molecule has 2 unspecified atom stereocenters. The van der Waals surface area contributed by atoms with Crippen LogP contribution < -0.4 is 5.32 Å². The van der Waals surface area contributed by atoms with Crippen molar-refractivity contribution in [3.8, 4) is 0 Å². The molecule has 1 rings (SSSR count). The summed E-state index contributed by atoms with van der Waals surface area (Å²) in [6.45, 7) is 9.22. The van der Waals surface area contributed by atoms with Crippen molar-refractivity contribution < 1.29 is 9.84 Å². The first kappa shape index (κ1) is 18.1. The van der Waals surface area contributed by atoms with Gasteiger partial charge in [0.1, 0.15) is 0 Å². The Morgan fingerprint density at radius 2 is 1.86 bits per heavy atom. The van der Waals surface area contributed by atoms with Gasteiger partial charge in [-0.2, -0.15) is 0 Å².